The highest BCUT2D eigenvalue weighted by Gasteiger charge is 2.24. The second-order valence-corrected chi connectivity index (χ2v) is 6.61. The maximum atomic E-state index is 12.5. The summed E-state index contributed by atoms with van der Waals surface area (Å²) in [5.74, 6) is 1.33. The van der Waals surface area contributed by atoms with E-state index in [2.05, 4.69) is 17.1 Å². The van der Waals surface area contributed by atoms with Crippen molar-refractivity contribution in [2.75, 3.05) is 19.6 Å². The second-order valence-electron chi connectivity index (χ2n) is 6.61. The van der Waals surface area contributed by atoms with Gasteiger partial charge in [0.2, 0.25) is 5.91 Å². The monoisotopic (exact) mass is 316 g/mol. The summed E-state index contributed by atoms with van der Waals surface area (Å²) in [4.78, 5) is 14.7. The van der Waals surface area contributed by atoms with Crippen LogP contribution in [0.4, 0.5) is 0 Å². The largest absolute Gasteiger partial charge is 0.340 e. The van der Waals surface area contributed by atoms with Gasteiger partial charge in [-0.05, 0) is 51.1 Å². The molecule has 1 saturated carbocycles. The first kappa shape index (κ1) is 18.8. The zero-order valence-corrected chi connectivity index (χ0v) is 14.4. The zero-order valence-electron chi connectivity index (χ0n) is 13.6. The van der Waals surface area contributed by atoms with E-state index in [1.54, 1.807) is 0 Å². The van der Waals surface area contributed by atoms with Crippen LogP contribution in [-0.2, 0) is 4.79 Å². The summed E-state index contributed by atoms with van der Waals surface area (Å²) >= 11 is 0. The van der Waals surface area contributed by atoms with Crippen LogP contribution in [0.2, 0.25) is 0 Å². The summed E-state index contributed by atoms with van der Waals surface area (Å²) in [5, 5.41) is 3.39. The molecular weight excluding hydrogens is 284 g/mol. The smallest absolute Gasteiger partial charge is 0.222 e. The molecule has 0 aromatic carbocycles. The molecule has 0 bridgehead atoms. The average Bonchev–Trinajstić information content (AvgIpc) is 2.99. The van der Waals surface area contributed by atoms with E-state index in [0.29, 0.717) is 11.9 Å². The normalized spacial score (nSPS) is 20.2. The van der Waals surface area contributed by atoms with Crippen LogP contribution in [0.5, 0.6) is 0 Å². The fourth-order valence-electron chi connectivity index (χ4n) is 3.85. The molecule has 2 aliphatic rings. The van der Waals surface area contributed by atoms with Gasteiger partial charge in [-0.1, -0.05) is 32.6 Å². The molecule has 4 heteroatoms. The van der Waals surface area contributed by atoms with Crippen molar-refractivity contribution >= 4 is 18.3 Å². The number of carbonyl (C=O) groups excluding carboxylic acids is 1. The number of carbonyl (C=O) groups is 1. The maximum absolute atomic E-state index is 12.5. The molecule has 1 aliphatic carbocycles. The third kappa shape index (κ3) is 6.15. The van der Waals surface area contributed by atoms with Crippen LogP contribution in [-0.4, -0.2) is 36.5 Å². The van der Waals surface area contributed by atoms with E-state index in [1.807, 2.05) is 0 Å². The van der Waals surface area contributed by atoms with Crippen molar-refractivity contribution < 1.29 is 4.79 Å². The zero-order chi connectivity index (χ0) is 14.2. The van der Waals surface area contributed by atoms with Gasteiger partial charge < -0.3 is 10.2 Å². The van der Waals surface area contributed by atoms with Crippen molar-refractivity contribution in [3.05, 3.63) is 0 Å². The Hall–Kier alpha value is -0.280. The third-order valence-electron chi connectivity index (χ3n) is 5.01. The standard InChI is InChI=1S/C17H32N2O.ClH/c1-2-14-19(16-10-12-18-13-11-16)17(20)9-5-8-15-6-3-4-7-15;/h15-16,18H,2-14H2,1H3;1H. The van der Waals surface area contributed by atoms with Gasteiger partial charge in [0.1, 0.15) is 0 Å². The number of hydrogen-bond donors (Lipinski definition) is 1. The summed E-state index contributed by atoms with van der Waals surface area (Å²) < 4.78 is 0. The van der Waals surface area contributed by atoms with Crippen LogP contribution in [0.1, 0.15) is 71.1 Å². The first-order valence-electron chi connectivity index (χ1n) is 8.81. The third-order valence-corrected chi connectivity index (χ3v) is 5.01. The van der Waals surface area contributed by atoms with Crippen molar-refractivity contribution in [2.24, 2.45) is 5.92 Å². The van der Waals surface area contributed by atoms with Crippen LogP contribution in [0.15, 0.2) is 0 Å². The molecule has 3 nitrogen and oxygen atoms in total. The maximum Gasteiger partial charge on any atom is 0.222 e. The predicted molar refractivity (Wildman–Crippen MR) is 91.0 cm³/mol. The molecule has 1 heterocycles. The van der Waals surface area contributed by atoms with E-state index in [0.717, 1.165) is 57.7 Å². The minimum atomic E-state index is 0. The Morgan fingerprint density at radius 1 is 1.14 bits per heavy atom. The Morgan fingerprint density at radius 2 is 1.81 bits per heavy atom. The number of piperidine rings is 1. The van der Waals surface area contributed by atoms with E-state index in [4.69, 9.17) is 0 Å². The minimum absolute atomic E-state index is 0. The molecule has 1 amide bonds. The molecule has 0 atom stereocenters. The van der Waals surface area contributed by atoms with E-state index in [-0.39, 0.29) is 12.4 Å². The summed E-state index contributed by atoms with van der Waals surface area (Å²) in [6.45, 7) is 5.27. The molecule has 2 fully saturated rings. The lowest BCUT2D eigenvalue weighted by molar-refractivity contribution is -0.134. The Labute approximate surface area is 136 Å². The molecule has 0 aromatic rings. The van der Waals surface area contributed by atoms with Gasteiger partial charge in [-0.2, -0.15) is 0 Å². The Bertz CT molecular complexity index is 287. The molecule has 2 rings (SSSR count). The SMILES string of the molecule is CCCN(C(=O)CCCC1CCCC1)C1CCNCC1.Cl. The first-order valence-corrected chi connectivity index (χ1v) is 8.81. The average molecular weight is 317 g/mol. The number of rotatable bonds is 7. The van der Waals surface area contributed by atoms with Crippen molar-refractivity contribution in [2.45, 2.75) is 77.2 Å². The number of hydrogen-bond acceptors (Lipinski definition) is 2. The molecule has 1 aliphatic heterocycles. The number of nitrogens with one attached hydrogen (secondary N) is 1. The number of halogens is 1. The molecule has 0 spiro atoms. The molecule has 0 aromatic heterocycles. The van der Waals surface area contributed by atoms with Gasteiger partial charge in [-0.25, -0.2) is 0 Å². The van der Waals surface area contributed by atoms with E-state index in [1.165, 1.54) is 32.1 Å². The first-order chi connectivity index (χ1) is 9.81. The van der Waals surface area contributed by atoms with Gasteiger partial charge in [0.15, 0.2) is 0 Å². The Kier molecular flexibility index (Phi) is 9.34. The fraction of sp³-hybridized carbons (Fsp3) is 0.941. The summed E-state index contributed by atoms with van der Waals surface area (Å²) in [7, 11) is 0. The second kappa shape index (κ2) is 10.4. The Morgan fingerprint density at radius 3 is 2.43 bits per heavy atom. The fourth-order valence-corrected chi connectivity index (χ4v) is 3.85. The lowest BCUT2D eigenvalue weighted by atomic mass is 9.99. The van der Waals surface area contributed by atoms with Crippen LogP contribution in [0.25, 0.3) is 0 Å². The lowest BCUT2D eigenvalue weighted by Gasteiger charge is -2.34. The van der Waals surface area contributed by atoms with E-state index < -0.39 is 0 Å². The quantitative estimate of drug-likeness (QED) is 0.775. The van der Waals surface area contributed by atoms with Gasteiger partial charge in [0.25, 0.3) is 0 Å². The van der Waals surface area contributed by atoms with Crippen LogP contribution < -0.4 is 5.32 Å². The molecule has 124 valence electrons. The molecule has 1 N–H and O–H groups in total. The highest BCUT2D eigenvalue weighted by atomic mass is 35.5. The van der Waals surface area contributed by atoms with Gasteiger partial charge in [-0.3, -0.25) is 4.79 Å². The summed E-state index contributed by atoms with van der Waals surface area (Å²) in [5.41, 5.74) is 0. The molecule has 0 unspecified atom stereocenters. The summed E-state index contributed by atoms with van der Waals surface area (Å²) in [6.07, 6.45) is 12.1. The minimum Gasteiger partial charge on any atom is -0.340 e. The van der Waals surface area contributed by atoms with Crippen LogP contribution in [0, 0.1) is 5.92 Å². The Balaban J connectivity index is 0.00000220. The highest BCUT2D eigenvalue weighted by molar-refractivity contribution is 5.85. The van der Waals surface area contributed by atoms with Crippen molar-refractivity contribution in [3.63, 3.8) is 0 Å². The van der Waals surface area contributed by atoms with Crippen molar-refractivity contribution in [1.82, 2.24) is 10.2 Å². The molecular formula is C17H33ClN2O. The summed E-state index contributed by atoms with van der Waals surface area (Å²) in [6, 6.07) is 0.496. The molecule has 1 saturated heterocycles. The van der Waals surface area contributed by atoms with E-state index >= 15 is 0 Å². The van der Waals surface area contributed by atoms with Crippen molar-refractivity contribution in [3.8, 4) is 0 Å². The topological polar surface area (TPSA) is 32.3 Å². The van der Waals surface area contributed by atoms with Crippen LogP contribution >= 0.6 is 12.4 Å². The van der Waals surface area contributed by atoms with Crippen LogP contribution in [0.3, 0.4) is 0 Å². The van der Waals surface area contributed by atoms with Crippen molar-refractivity contribution in [1.29, 1.82) is 0 Å². The highest BCUT2D eigenvalue weighted by Crippen LogP contribution is 2.29. The van der Waals surface area contributed by atoms with Gasteiger partial charge in [0, 0.05) is 19.0 Å². The van der Waals surface area contributed by atoms with Gasteiger partial charge in [0.05, 0.1) is 0 Å². The number of amides is 1. The molecule has 0 radical (unpaired) electrons. The van der Waals surface area contributed by atoms with E-state index in [9.17, 15) is 4.79 Å². The number of nitrogens with zero attached hydrogens (tertiary/aromatic N) is 1. The lowest BCUT2D eigenvalue weighted by Crippen LogP contribution is -2.46. The van der Waals surface area contributed by atoms with Gasteiger partial charge in [-0.15, -0.1) is 12.4 Å². The molecule has 21 heavy (non-hydrogen) atoms. The predicted octanol–water partition coefficient (Wildman–Crippen LogP) is 3.76. The van der Waals surface area contributed by atoms with Gasteiger partial charge >= 0.3 is 0 Å².